The molecule has 1 atom stereocenters. The summed E-state index contributed by atoms with van der Waals surface area (Å²) in [4.78, 5) is 8.35. The first-order chi connectivity index (χ1) is 10.2. The molecule has 0 spiro atoms. The number of aromatic nitrogens is 4. The number of nitrogens with two attached hydrogens (primary N) is 1. The van der Waals surface area contributed by atoms with Gasteiger partial charge in [-0.1, -0.05) is 18.2 Å². The van der Waals surface area contributed by atoms with E-state index >= 15 is 0 Å². The van der Waals surface area contributed by atoms with Crippen LogP contribution in [0.3, 0.4) is 0 Å². The Morgan fingerprint density at radius 3 is 2.57 bits per heavy atom. The highest BCUT2D eigenvalue weighted by Gasteiger charge is 2.06. The summed E-state index contributed by atoms with van der Waals surface area (Å²) < 4.78 is 7.22. The molecule has 1 aromatic carbocycles. The molecule has 106 valence electrons. The minimum atomic E-state index is -0.102. The third-order valence-electron chi connectivity index (χ3n) is 2.93. The smallest absolute Gasteiger partial charge is 0.341 e. The standard InChI is InChI=1S/C15H15N5O/c1-11(16)14-8-7-13(9-17-14)21-15-18-10-20(19-15)12-5-3-2-4-6-12/h2-11H,16H2,1H3/t11-/m1/s1. The molecule has 0 saturated carbocycles. The van der Waals surface area contributed by atoms with Crippen molar-refractivity contribution in [2.45, 2.75) is 13.0 Å². The maximum absolute atomic E-state index is 5.75. The van der Waals surface area contributed by atoms with Gasteiger partial charge in [0.2, 0.25) is 0 Å². The van der Waals surface area contributed by atoms with Gasteiger partial charge in [-0.25, -0.2) is 4.68 Å². The van der Waals surface area contributed by atoms with Crippen molar-refractivity contribution < 1.29 is 4.74 Å². The van der Waals surface area contributed by atoms with Crippen LogP contribution >= 0.6 is 0 Å². The first-order valence-electron chi connectivity index (χ1n) is 6.59. The Hall–Kier alpha value is -2.73. The quantitative estimate of drug-likeness (QED) is 0.794. The molecular weight excluding hydrogens is 266 g/mol. The summed E-state index contributed by atoms with van der Waals surface area (Å²) in [6.45, 7) is 1.88. The molecule has 3 rings (SSSR count). The fourth-order valence-corrected chi connectivity index (χ4v) is 1.83. The third-order valence-corrected chi connectivity index (χ3v) is 2.93. The molecule has 21 heavy (non-hydrogen) atoms. The van der Waals surface area contributed by atoms with Gasteiger partial charge < -0.3 is 10.5 Å². The number of hydrogen-bond donors (Lipinski definition) is 1. The maximum Gasteiger partial charge on any atom is 0.341 e. The van der Waals surface area contributed by atoms with Crippen molar-refractivity contribution in [2.75, 3.05) is 0 Å². The average Bonchev–Trinajstić information content (AvgIpc) is 2.97. The van der Waals surface area contributed by atoms with Gasteiger partial charge in [-0.3, -0.25) is 4.98 Å². The van der Waals surface area contributed by atoms with E-state index in [0.29, 0.717) is 5.75 Å². The number of rotatable bonds is 4. The van der Waals surface area contributed by atoms with E-state index in [4.69, 9.17) is 10.5 Å². The molecule has 3 aromatic rings. The summed E-state index contributed by atoms with van der Waals surface area (Å²) >= 11 is 0. The minimum Gasteiger partial charge on any atom is -0.422 e. The molecule has 2 heterocycles. The Bertz CT molecular complexity index is 706. The van der Waals surface area contributed by atoms with Crippen molar-refractivity contribution in [1.29, 1.82) is 0 Å². The fourth-order valence-electron chi connectivity index (χ4n) is 1.83. The van der Waals surface area contributed by atoms with Crippen molar-refractivity contribution >= 4 is 0 Å². The van der Waals surface area contributed by atoms with Gasteiger partial charge >= 0.3 is 6.01 Å². The first-order valence-corrected chi connectivity index (χ1v) is 6.59. The average molecular weight is 281 g/mol. The Labute approximate surface area is 122 Å². The molecule has 0 fully saturated rings. The predicted molar refractivity (Wildman–Crippen MR) is 78.3 cm³/mol. The molecule has 2 N–H and O–H groups in total. The van der Waals surface area contributed by atoms with E-state index in [0.717, 1.165) is 11.4 Å². The Morgan fingerprint density at radius 2 is 1.90 bits per heavy atom. The van der Waals surface area contributed by atoms with Gasteiger partial charge in [-0.15, -0.1) is 5.10 Å². The van der Waals surface area contributed by atoms with Crippen LogP contribution in [0, 0.1) is 0 Å². The van der Waals surface area contributed by atoms with Gasteiger partial charge in [0.1, 0.15) is 12.1 Å². The molecule has 0 amide bonds. The topological polar surface area (TPSA) is 78.9 Å². The molecule has 0 aliphatic carbocycles. The highest BCUT2D eigenvalue weighted by molar-refractivity contribution is 5.30. The zero-order valence-electron chi connectivity index (χ0n) is 11.5. The van der Waals surface area contributed by atoms with E-state index in [2.05, 4.69) is 15.1 Å². The second kappa shape index (κ2) is 5.72. The van der Waals surface area contributed by atoms with Crippen molar-refractivity contribution in [3.63, 3.8) is 0 Å². The van der Waals surface area contributed by atoms with Crippen LogP contribution in [-0.2, 0) is 0 Å². The zero-order chi connectivity index (χ0) is 14.7. The van der Waals surface area contributed by atoms with Crippen LogP contribution in [0.1, 0.15) is 18.7 Å². The molecule has 0 saturated heterocycles. The maximum atomic E-state index is 5.75. The van der Waals surface area contributed by atoms with E-state index in [9.17, 15) is 0 Å². The summed E-state index contributed by atoms with van der Waals surface area (Å²) in [5.74, 6) is 0.574. The predicted octanol–water partition coefficient (Wildman–Crippen LogP) is 2.47. The normalized spacial score (nSPS) is 12.1. The zero-order valence-corrected chi connectivity index (χ0v) is 11.5. The van der Waals surface area contributed by atoms with Crippen LogP contribution in [0.4, 0.5) is 0 Å². The molecule has 6 heteroatoms. The Kier molecular flexibility index (Phi) is 3.61. The lowest BCUT2D eigenvalue weighted by Gasteiger charge is -2.05. The summed E-state index contributed by atoms with van der Waals surface area (Å²) in [5.41, 5.74) is 7.48. The van der Waals surface area contributed by atoms with Crippen LogP contribution in [0.25, 0.3) is 5.69 Å². The van der Waals surface area contributed by atoms with E-state index < -0.39 is 0 Å². The third kappa shape index (κ3) is 3.06. The highest BCUT2D eigenvalue weighted by atomic mass is 16.5. The van der Waals surface area contributed by atoms with E-state index in [1.165, 1.54) is 0 Å². The minimum absolute atomic E-state index is 0.102. The summed E-state index contributed by atoms with van der Waals surface area (Å²) in [5, 5.41) is 4.26. The van der Waals surface area contributed by atoms with E-state index in [-0.39, 0.29) is 12.1 Å². The number of benzene rings is 1. The van der Waals surface area contributed by atoms with Crippen molar-refractivity contribution in [1.82, 2.24) is 19.7 Å². The SMILES string of the molecule is C[C@@H](N)c1ccc(Oc2ncn(-c3ccccc3)n2)cn1. The van der Waals surface area contributed by atoms with E-state index in [1.54, 1.807) is 23.3 Å². The lowest BCUT2D eigenvalue weighted by molar-refractivity contribution is 0.439. The number of para-hydroxylation sites is 1. The summed E-state index contributed by atoms with van der Waals surface area (Å²) in [7, 11) is 0. The number of ether oxygens (including phenoxy) is 1. The Morgan fingerprint density at radius 1 is 1.10 bits per heavy atom. The summed E-state index contributed by atoms with van der Waals surface area (Å²) in [6, 6.07) is 13.5. The van der Waals surface area contributed by atoms with Gasteiger partial charge in [0.25, 0.3) is 0 Å². The van der Waals surface area contributed by atoms with E-state index in [1.807, 2.05) is 43.3 Å². The monoisotopic (exact) mass is 281 g/mol. The van der Waals surface area contributed by atoms with Crippen molar-refractivity contribution in [3.8, 4) is 17.4 Å². The van der Waals surface area contributed by atoms with Crippen molar-refractivity contribution in [2.24, 2.45) is 5.73 Å². The largest absolute Gasteiger partial charge is 0.422 e. The van der Waals surface area contributed by atoms with Gasteiger partial charge in [0.05, 0.1) is 17.6 Å². The van der Waals surface area contributed by atoms with Crippen molar-refractivity contribution in [3.05, 3.63) is 60.7 Å². The second-order valence-electron chi connectivity index (χ2n) is 4.62. The lowest BCUT2D eigenvalue weighted by atomic mass is 10.2. The van der Waals surface area contributed by atoms with Crippen LogP contribution in [0.15, 0.2) is 55.0 Å². The number of nitrogens with zero attached hydrogens (tertiary/aromatic N) is 4. The molecule has 0 bridgehead atoms. The molecule has 0 aliphatic heterocycles. The number of hydrogen-bond acceptors (Lipinski definition) is 5. The lowest BCUT2D eigenvalue weighted by Crippen LogP contribution is -2.06. The van der Waals surface area contributed by atoms with Gasteiger partial charge in [0.15, 0.2) is 0 Å². The number of pyridine rings is 1. The van der Waals surface area contributed by atoms with Crippen LogP contribution in [0.2, 0.25) is 0 Å². The van der Waals surface area contributed by atoms with Gasteiger partial charge in [-0.2, -0.15) is 4.98 Å². The fraction of sp³-hybridized carbons (Fsp3) is 0.133. The molecule has 6 nitrogen and oxygen atoms in total. The first kappa shape index (κ1) is 13.3. The molecule has 2 aromatic heterocycles. The van der Waals surface area contributed by atoms with Crippen LogP contribution < -0.4 is 10.5 Å². The van der Waals surface area contributed by atoms with Crippen LogP contribution in [0.5, 0.6) is 11.8 Å². The molecule has 0 radical (unpaired) electrons. The molecule has 0 unspecified atom stereocenters. The Balaban J connectivity index is 1.75. The second-order valence-corrected chi connectivity index (χ2v) is 4.62. The van der Waals surface area contributed by atoms with Gasteiger partial charge in [0, 0.05) is 6.04 Å². The highest BCUT2D eigenvalue weighted by Crippen LogP contribution is 2.18. The van der Waals surface area contributed by atoms with Crippen LogP contribution in [-0.4, -0.2) is 19.7 Å². The summed E-state index contributed by atoms with van der Waals surface area (Å²) in [6.07, 6.45) is 3.22. The molecule has 0 aliphatic rings. The van der Waals surface area contributed by atoms with Gasteiger partial charge in [-0.05, 0) is 31.2 Å². The molecular formula is C15H15N5O.